The average Bonchev–Trinajstić information content (AvgIpc) is 3.28. The first-order valence-corrected chi connectivity index (χ1v) is 9.10. The Bertz CT molecular complexity index is 996. The molecule has 2 amide bonds. The number of nitrogens with one attached hydrogen (secondary N) is 2. The Balaban J connectivity index is 1.47. The van der Waals surface area contributed by atoms with Crippen LogP contribution in [0.4, 0.5) is 5.13 Å². The Labute approximate surface area is 160 Å². The van der Waals surface area contributed by atoms with Gasteiger partial charge in [-0.2, -0.15) is 0 Å². The Hall–Kier alpha value is -3.37. The second kappa shape index (κ2) is 8.83. The van der Waals surface area contributed by atoms with E-state index in [2.05, 4.69) is 27.5 Å². The van der Waals surface area contributed by atoms with Crippen LogP contribution >= 0.6 is 11.3 Å². The smallest absolute Gasteiger partial charge is 0.260 e. The summed E-state index contributed by atoms with van der Waals surface area (Å²) < 4.78 is 5.11. The molecular weight excluding hydrogens is 362 g/mol. The third-order valence-corrected chi connectivity index (χ3v) is 4.40. The second-order valence-electron chi connectivity index (χ2n) is 5.61. The molecule has 7 heteroatoms. The van der Waals surface area contributed by atoms with Crippen LogP contribution < -0.4 is 10.6 Å². The SMILES string of the molecule is Cc1occc1C(=O)Nc1nc(CC(=O)NCC#Cc2ccccc2)cs1. The Morgan fingerprint density at radius 3 is 2.78 bits per heavy atom. The van der Waals surface area contributed by atoms with Gasteiger partial charge in [-0.25, -0.2) is 4.98 Å². The van der Waals surface area contributed by atoms with Crippen molar-refractivity contribution < 1.29 is 14.0 Å². The van der Waals surface area contributed by atoms with E-state index in [0.29, 0.717) is 22.1 Å². The fourth-order valence-electron chi connectivity index (χ4n) is 2.27. The number of benzene rings is 1. The second-order valence-corrected chi connectivity index (χ2v) is 6.47. The lowest BCUT2D eigenvalue weighted by atomic mass is 10.2. The normalized spacial score (nSPS) is 9.96. The topological polar surface area (TPSA) is 84.2 Å². The van der Waals surface area contributed by atoms with Crippen LogP contribution in [0.3, 0.4) is 0 Å². The van der Waals surface area contributed by atoms with Gasteiger partial charge in [0, 0.05) is 10.9 Å². The number of carbonyl (C=O) groups excluding carboxylic acids is 2. The van der Waals surface area contributed by atoms with Gasteiger partial charge in [0.15, 0.2) is 5.13 Å². The van der Waals surface area contributed by atoms with Crippen LogP contribution in [-0.2, 0) is 11.2 Å². The molecule has 0 aliphatic rings. The van der Waals surface area contributed by atoms with Gasteiger partial charge in [-0.05, 0) is 25.1 Å². The highest BCUT2D eigenvalue weighted by Gasteiger charge is 2.14. The molecule has 0 unspecified atom stereocenters. The zero-order chi connectivity index (χ0) is 19.1. The van der Waals surface area contributed by atoms with Crippen LogP contribution in [0.1, 0.15) is 27.4 Å². The lowest BCUT2D eigenvalue weighted by Gasteiger charge is -2.00. The first kappa shape index (κ1) is 18.4. The van der Waals surface area contributed by atoms with E-state index in [9.17, 15) is 9.59 Å². The van der Waals surface area contributed by atoms with Crippen LogP contribution in [0.25, 0.3) is 0 Å². The highest BCUT2D eigenvalue weighted by molar-refractivity contribution is 7.14. The maximum Gasteiger partial charge on any atom is 0.260 e. The number of aromatic nitrogens is 1. The maximum absolute atomic E-state index is 12.1. The molecule has 0 spiro atoms. The number of amides is 2. The van der Waals surface area contributed by atoms with Crippen LogP contribution in [-0.4, -0.2) is 23.3 Å². The van der Waals surface area contributed by atoms with E-state index in [1.807, 2.05) is 30.3 Å². The van der Waals surface area contributed by atoms with Crippen LogP contribution in [0.5, 0.6) is 0 Å². The summed E-state index contributed by atoms with van der Waals surface area (Å²) in [5, 5.41) is 7.62. The highest BCUT2D eigenvalue weighted by Crippen LogP contribution is 2.18. The third kappa shape index (κ3) is 5.30. The van der Waals surface area contributed by atoms with Crippen molar-refractivity contribution in [2.24, 2.45) is 0 Å². The Morgan fingerprint density at radius 1 is 1.22 bits per heavy atom. The molecule has 27 heavy (non-hydrogen) atoms. The number of hydrogen-bond donors (Lipinski definition) is 2. The number of rotatable bonds is 5. The molecule has 2 heterocycles. The van der Waals surface area contributed by atoms with Gasteiger partial charge in [-0.3, -0.25) is 14.9 Å². The number of hydrogen-bond acceptors (Lipinski definition) is 5. The molecule has 0 bridgehead atoms. The summed E-state index contributed by atoms with van der Waals surface area (Å²) in [6.07, 6.45) is 1.59. The van der Waals surface area contributed by atoms with Gasteiger partial charge in [0.1, 0.15) is 5.76 Å². The number of furan rings is 1. The van der Waals surface area contributed by atoms with Crippen molar-refractivity contribution in [3.8, 4) is 11.8 Å². The quantitative estimate of drug-likeness (QED) is 0.668. The van der Waals surface area contributed by atoms with Gasteiger partial charge < -0.3 is 9.73 Å². The summed E-state index contributed by atoms with van der Waals surface area (Å²) in [6, 6.07) is 11.2. The van der Waals surface area contributed by atoms with E-state index in [4.69, 9.17) is 4.42 Å². The predicted octanol–water partition coefficient (Wildman–Crippen LogP) is 3.01. The largest absolute Gasteiger partial charge is 0.469 e. The lowest BCUT2D eigenvalue weighted by Crippen LogP contribution is -2.25. The maximum atomic E-state index is 12.1. The van der Waals surface area contributed by atoms with Crippen LogP contribution in [0, 0.1) is 18.8 Å². The molecule has 1 aromatic carbocycles. The number of nitrogens with zero attached hydrogens (tertiary/aromatic N) is 1. The number of thiazole rings is 1. The molecule has 0 radical (unpaired) electrons. The van der Waals surface area contributed by atoms with Crippen LogP contribution in [0.15, 0.2) is 52.5 Å². The minimum atomic E-state index is -0.289. The first-order valence-electron chi connectivity index (χ1n) is 8.22. The zero-order valence-corrected chi connectivity index (χ0v) is 15.4. The van der Waals surface area contributed by atoms with Crippen molar-refractivity contribution in [1.82, 2.24) is 10.3 Å². The highest BCUT2D eigenvalue weighted by atomic mass is 32.1. The van der Waals surface area contributed by atoms with Gasteiger partial charge in [0.25, 0.3) is 5.91 Å². The average molecular weight is 379 g/mol. The van der Waals surface area contributed by atoms with Gasteiger partial charge >= 0.3 is 0 Å². The number of carbonyl (C=O) groups is 2. The lowest BCUT2D eigenvalue weighted by molar-refractivity contribution is -0.120. The van der Waals surface area contributed by atoms with E-state index >= 15 is 0 Å². The standard InChI is InChI=1S/C20H17N3O3S/c1-14-17(9-11-26-14)19(25)23-20-22-16(13-27-20)12-18(24)21-10-5-8-15-6-3-2-4-7-15/h2-4,6-7,9,11,13H,10,12H2,1H3,(H,21,24)(H,22,23,25). The van der Waals surface area contributed by atoms with Crippen molar-refractivity contribution in [2.75, 3.05) is 11.9 Å². The Morgan fingerprint density at radius 2 is 2.04 bits per heavy atom. The molecule has 0 aliphatic carbocycles. The van der Waals surface area contributed by atoms with Crippen molar-refractivity contribution in [3.05, 3.63) is 70.6 Å². The summed E-state index contributed by atoms with van der Waals surface area (Å²) in [5.74, 6) is 5.96. The minimum Gasteiger partial charge on any atom is -0.469 e. The molecule has 0 aliphatic heterocycles. The molecule has 0 fully saturated rings. The molecule has 6 nitrogen and oxygen atoms in total. The monoisotopic (exact) mass is 379 g/mol. The molecular formula is C20H17N3O3S. The molecule has 3 rings (SSSR count). The third-order valence-electron chi connectivity index (χ3n) is 3.60. The molecule has 0 saturated carbocycles. The first-order chi connectivity index (χ1) is 13.1. The molecule has 2 N–H and O–H groups in total. The molecule has 136 valence electrons. The molecule has 2 aromatic heterocycles. The Kier molecular flexibility index (Phi) is 6.02. The fraction of sp³-hybridized carbons (Fsp3) is 0.150. The van der Waals surface area contributed by atoms with Gasteiger partial charge in [-0.1, -0.05) is 30.0 Å². The molecule has 3 aromatic rings. The van der Waals surface area contributed by atoms with E-state index < -0.39 is 0 Å². The zero-order valence-electron chi connectivity index (χ0n) is 14.6. The van der Waals surface area contributed by atoms with Gasteiger partial charge in [-0.15, -0.1) is 11.3 Å². The summed E-state index contributed by atoms with van der Waals surface area (Å²) in [4.78, 5) is 28.4. The van der Waals surface area contributed by atoms with E-state index in [1.165, 1.54) is 17.6 Å². The van der Waals surface area contributed by atoms with E-state index in [1.54, 1.807) is 18.4 Å². The molecule has 0 atom stereocenters. The van der Waals surface area contributed by atoms with Crippen molar-refractivity contribution in [3.63, 3.8) is 0 Å². The van der Waals surface area contributed by atoms with Crippen LogP contribution in [0.2, 0.25) is 0 Å². The fourth-order valence-corrected chi connectivity index (χ4v) is 2.97. The molecule has 0 saturated heterocycles. The number of aryl methyl sites for hydroxylation is 1. The summed E-state index contributed by atoms with van der Waals surface area (Å²) in [7, 11) is 0. The van der Waals surface area contributed by atoms with E-state index in [0.717, 1.165) is 5.56 Å². The predicted molar refractivity (Wildman–Crippen MR) is 104 cm³/mol. The summed E-state index contributed by atoms with van der Waals surface area (Å²) in [5.41, 5.74) is 1.95. The summed E-state index contributed by atoms with van der Waals surface area (Å²) in [6.45, 7) is 1.98. The minimum absolute atomic E-state index is 0.129. The van der Waals surface area contributed by atoms with Gasteiger partial charge in [0.05, 0.1) is 30.5 Å². The van der Waals surface area contributed by atoms with E-state index in [-0.39, 0.29) is 24.8 Å². The van der Waals surface area contributed by atoms with Crippen molar-refractivity contribution in [1.29, 1.82) is 0 Å². The summed E-state index contributed by atoms with van der Waals surface area (Å²) >= 11 is 1.27. The van der Waals surface area contributed by atoms with Gasteiger partial charge in [0.2, 0.25) is 5.91 Å². The van der Waals surface area contributed by atoms with Crippen molar-refractivity contribution >= 4 is 28.3 Å². The number of anilines is 1. The van der Waals surface area contributed by atoms with Crippen molar-refractivity contribution in [2.45, 2.75) is 13.3 Å².